The van der Waals surface area contributed by atoms with Crippen LogP contribution in [0.25, 0.3) is 10.9 Å². The molecule has 0 aliphatic heterocycles. The Morgan fingerprint density at radius 1 is 0.947 bits per heavy atom. The molecular formula is C16H15N3. The van der Waals surface area contributed by atoms with Gasteiger partial charge < -0.3 is 11.1 Å². The molecule has 1 aromatic heterocycles. The highest BCUT2D eigenvalue weighted by Gasteiger charge is 2.01. The van der Waals surface area contributed by atoms with Crippen LogP contribution in [0.1, 0.15) is 5.56 Å². The van der Waals surface area contributed by atoms with E-state index in [-0.39, 0.29) is 0 Å². The molecule has 0 saturated heterocycles. The third-order valence-electron chi connectivity index (χ3n) is 3.11. The normalized spacial score (nSPS) is 10.5. The Kier molecular flexibility index (Phi) is 3.02. The second kappa shape index (κ2) is 4.98. The number of nitrogen functional groups attached to an aromatic ring is 1. The van der Waals surface area contributed by atoms with Crippen LogP contribution in [0.2, 0.25) is 0 Å². The van der Waals surface area contributed by atoms with Gasteiger partial charge in [-0.25, -0.2) is 0 Å². The molecule has 3 rings (SSSR count). The molecule has 19 heavy (non-hydrogen) atoms. The number of hydrogen-bond acceptors (Lipinski definition) is 3. The number of nitrogens with one attached hydrogen (secondary N) is 1. The van der Waals surface area contributed by atoms with E-state index >= 15 is 0 Å². The lowest BCUT2D eigenvalue weighted by molar-refractivity contribution is 1.15. The monoisotopic (exact) mass is 249 g/mol. The standard InChI is InChI=1S/C16H15N3/c17-14-6-8-15(9-7-14)19-11-13-4-1-3-12-5-2-10-18-16(12)13/h1-10,19H,11,17H2. The number of rotatable bonds is 3. The number of hydrogen-bond donors (Lipinski definition) is 2. The SMILES string of the molecule is Nc1ccc(NCc2cccc3cccnc23)cc1. The lowest BCUT2D eigenvalue weighted by Crippen LogP contribution is -2.00. The van der Waals surface area contributed by atoms with Crippen LogP contribution < -0.4 is 11.1 Å². The molecule has 3 heteroatoms. The molecule has 0 aliphatic carbocycles. The van der Waals surface area contributed by atoms with E-state index in [0.717, 1.165) is 23.4 Å². The van der Waals surface area contributed by atoms with Crippen molar-refractivity contribution in [2.24, 2.45) is 0 Å². The summed E-state index contributed by atoms with van der Waals surface area (Å²) in [5, 5.41) is 4.55. The van der Waals surface area contributed by atoms with Crippen molar-refractivity contribution in [3.63, 3.8) is 0 Å². The maximum Gasteiger partial charge on any atom is 0.0751 e. The second-order valence-corrected chi connectivity index (χ2v) is 4.47. The molecular weight excluding hydrogens is 234 g/mol. The summed E-state index contributed by atoms with van der Waals surface area (Å²) in [6, 6.07) is 18.0. The van der Waals surface area contributed by atoms with Crippen LogP contribution in [-0.2, 0) is 6.54 Å². The Morgan fingerprint density at radius 3 is 2.58 bits per heavy atom. The summed E-state index contributed by atoms with van der Waals surface area (Å²) < 4.78 is 0. The zero-order valence-corrected chi connectivity index (χ0v) is 10.5. The summed E-state index contributed by atoms with van der Waals surface area (Å²) in [6.07, 6.45) is 1.83. The maximum absolute atomic E-state index is 5.67. The van der Waals surface area contributed by atoms with E-state index in [1.165, 1.54) is 10.9 Å². The fraction of sp³-hybridized carbons (Fsp3) is 0.0625. The molecule has 2 aromatic carbocycles. The first kappa shape index (κ1) is 11.5. The average Bonchev–Trinajstić information content (AvgIpc) is 2.47. The van der Waals surface area contributed by atoms with Crippen molar-refractivity contribution in [3.8, 4) is 0 Å². The van der Waals surface area contributed by atoms with Gasteiger partial charge in [-0.2, -0.15) is 0 Å². The van der Waals surface area contributed by atoms with E-state index in [1.807, 2.05) is 36.5 Å². The molecule has 0 radical (unpaired) electrons. The first-order valence-corrected chi connectivity index (χ1v) is 6.25. The highest BCUT2D eigenvalue weighted by Crippen LogP contribution is 2.18. The van der Waals surface area contributed by atoms with Crippen molar-refractivity contribution in [1.82, 2.24) is 4.98 Å². The topological polar surface area (TPSA) is 50.9 Å². The summed E-state index contributed by atoms with van der Waals surface area (Å²) in [4.78, 5) is 4.45. The maximum atomic E-state index is 5.67. The van der Waals surface area contributed by atoms with E-state index < -0.39 is 0 Å². The van der Waals surface area contributed by atoms with E-state index in [2.05, 4.69) is 34.6 Å². The van der Waals surface area contributed by atoms with Crippen molar-refractivity contribution in [1.29, 1.82) is 0 Å². The predicted molar refractivity (Wildman–Crippen MR) is 79.9 cm³/mol. The van der Waals surface area contributed by atoms with E-state index in [1.54, 1.807) is 0 Å². The highest BCUT2D eigenvalue weighted by molar-refractivity contribution is 5.81. The van der Waals surface area contributed by atoms with Crippen molar-refractivity contribution in [2.45, 2.75) is 6.54 Å². The van der Waals surface area contributed by atoms with Crippen molar-refractivity contribution in [3.05, 3.63) is 66.4 Å². The Hall–Kier alpha value is -2.55. The van der Waals surface area contributed by atoms with Gasteiger partial charge in [0.1, 0.15) is 0 Å². The number of para-hydroxylation sites is 1. The first-order chi connectivity index (χ1) is 9.33. The van der Waals surface area contributed by atoms with Crippen LogP contribution in [0.15, 0.2) is 60.8 Å². The lowest BCUT2D eigenvalue weighted by Gasteiger charge is -2.09. The van der Waals surface area contributed by atoms with Crippen LogP contribution in [-0.4, -0.2) is 4.98 Å². The molecule has 3 aromatic rings. The van der Waals surface area contributed by atoms with Crippen molar-refractivity contribution in [2.75, 3.05) is 11.1 Å². The summed E-state index contributed by atoms with van der Waals surface area (Å²) in [5.41, 5.74) is 9.74. The number of nitrogens with two attached hydrogens (primary N) is 1. The van der Waals surface area contributed by atoms with E-state index in [9.17, 15) is 0 Å². The minimum absolute atomic E-state index is 0.748. The zero-order valence-electron chi connectivity index (χ0n) is 10.5. The summed E-state index contributed by atoms with van der Waals surface area (Å²) in [7, 11) is 0. The Balaban J connectivity index is 1.84. The molecule has 0 fully saturated rings. The molecule has 94 valence electrons. The highest BCUT2D eigenvalue weighted by atomic mass is 14.9. The number of aromatic nitrogens is 1. The summed E-state index contributed by atoms with van der Waals surface area (Å²) >= 11 is 0. The molecule has 3 N–H and O–H groups in total. The third kappa shape index (κ3) is 2.50. The Morgan fingerprint density at radius 2 is 1.74 bits per heavy atom. The van der Waals surface area contributed by atoms with Crippen molar-refractivity contribution < 1.29 is 0 Å². The summed E-state index contributed by atoms with van der Waals surface area (Å²) in [6.45, 7) is 0.748. The van der Waals surface area contributed by atoms with Gasteiger partial charge in [-0.15, -0.1) is 0 Å². The Bertz CT molecular complexity index is 684. The van der Waals surface area contributed by atoms with Gasteiger partial charge in [0, 0.05) is 29.5 Å². The van der Waals surface area contributed by atoms with Crippen LogP contribution in [0, 0.1) is 0 Å². The molecule has 0 spiro atoms. The average molecular weight is 249 g/mol. The quantitative estimate of drug-likeness (QED) is 0.699. The van der Waals surface area contributed by atoms with Crippen molar-refractivity contribution >= 4 is 22.3 Å². The predicted octanol–water partition coefficient (Wildman–Crippen LogP) is 3.43. The number of benzene rings is 2. The smallest absolute Gasteiger partial charge is 0.0751 e. The largest absolute Gasteiger partial charge is 0.399 e. The van der Waals surface area contributed by atoms with Gasteiger partial charge in [0.15, 0.2) is 0 Å². The molecule has 0 aliphatic rings. The number of nitrogens with zero attached hydrogens (tertiary/aromatic N) is 1. The van der Waals surface area contributed by atoms with Gasteiger partial charge in [0.05, 0.1) is 5.52 Å². The summed E-state index contributed by atoms with van der Waals surface area (Å²) in [5.74, 6) is 0. The molecule has 0 saturated carbocycles. The molecule has 0 unspecified atom stereocenters. The third-order valence-corrected chi connectivity index (χ3v) is 3.11. The van der Waals surface area contributed by atoms with Gasteiger partial charge >= 0.3 is 0 Å². The molecule has 0 bridgehead atoms. The molecule has 1 heterocycles. The fourth-order valence-corrected chi connectivity index (χ4v) is 2.11. The zero-order chi connectivity index (χ0) is 13.1. The molecule has 0 amide bonds. The van der Waals surface area contributed by atoms with Gasteiger partial charge in [0.2, 0.25) is 0 Å². The number of fused-ring (bicyclic) bond motifs is 1. The van der Waals surface area contributed by atoms with Crippen LogP contribution in [0.3, 0.4) is 0 Å². The van der Waals surface area contributed by atoms with Gasteiger partial charge in [-0.05, 0) is 35.9 Å². The van der Waals surface area contributed by atoms with Gasteiger partial charge in [-0.3, -0.25) is 4.98 Å². The molecule has 3 nitrogen and oxygen atoms in total. The molecule has 0 atom stereocenters. The Labute approximate surface area is 112 Å². The van der Waals surface area contributed by atoms with Gasteiger partial charge in [-0.1, -0.05) is 24.3 Å². The van der Waals surface area contributed by atoms with E-state index in [4.69, 9.17) is 5.73 Å². The minimum atomic E-state index is 0.748. The van der Waals surface area contributed by atoms with E-state index in [0.29, 0.717) is 0 Å². The minimum Gasteiger partial charge on any atom is -0.399 e. The number of anilines is 2. The van der Waals surface area contributed by atoms with Crippen LogP contribution in [0.4, 0.5) is 11.4 Å². The van der Waals surface area contributed by atoms with Crippen LogP contribution >= 0.6 is 0 Å². The second-order valence-electron chi connectivity index (χ2n) is 4.47. The fourth-order valence-electron chi connectivity index (χ4n) is 2.11. The van der Waals surface area contributed by atoms with Gasteiger partial charge in [0.25, 0.3) is 0 Å². The lowest BCUT2D eigenvalue weighted by atomic mass is 10.1. The number of pyridine rings is 1. The first-order valence-electron chi connectivity index (χ1n) is 6.25. The van der Waals surface area contributed by atoms with Crippen LogP contribution in [0.5, 0.6) is 0 Å².